The molecule has 0 aliphatic rings. The van der Waals surface area contributed by atoms with Crippen molar-refractivity contribution < 1.29 is 14.3 Å². The Kier molecular flexibility index (Phi) is 3.23. The number of nitrogens with one attached hydrogen (secondary N) is 1. The number of halogens is 1. The molecule has 21 heavy (non-hydrogen) atoms. The molecule has 0 saturated carbocycles. The van der Waals surface area contributed by atoms with Crippen molar-refractivity contribution in [2.24, 2.45) is 0 Å². The molecule has 0 amide bonds. The summed E-state index contributed by atoms with van der Waals surface area (Å²) in [4.78, 5) is 15.2. The molecular weight excluding hydrogens is 271 g/mol. The maximum absolute atomic E-state index is 12.9. The zero-order chi connectivity index (χ0) is 14.8. The highest BCUT2D eigenvalue weighted by molar-refractivity contribution is 5.98. The normalized spacial score (nSPS) is 10.5. The molecule has 0 atom stereocenters. The average molecular weight is 282 g/mol. The molecule has 0 saturated heterocycles. The van der Waals surface area contributed by atoms with Crippen molar-refractivity contribution in [3.63, 3.8) is 0 Å². The quantitative estimate of drug-likeness (QED) is 0.766. The van der Waals surface area contributed by atoms with E-state index >= 15 is 0 Å². The number of aromatic carboxylic acids is 1. The third-order valence-corrected chi connectivity index (χ3v) is 3.12. The number of pyridine rings is 1. The molecule has 1 heterocycles. The molecule has 4 nitrogen and oxygen atoms in total. The van der Waals surface area contributed by atoms with Gasteiger partial charge in [-0.25, -0.2) is 14.2 Å². The smallest absolute Gasteiger partial charge is 0.335 e. The molecule has 3 aromatic rings. The van der Waals surface area contributed by atoms with Crippen molar-refractivity contribution in [1.29, 1.82) is 0 Å². The number of hydrogen-bond acceptors (Lipinski definition) is 3. The Bertz CT molecular complexity index is 816. The van der Waals surface area contributed by atoms with E-state index < -0.39 is 5.97 Å². The van der Waals surface area contributed by atoms with Crippen LogP contribution in [0.5, 0.6) is 0 Å². The number of hydrogen-bond donors (Lipinski definition) is 2. The average Bonchev–Trinajstić information content (AvgIpc) is 2.49. The monoisotopic (exact) mass is 282 g/mol. The summed E-state index contributed by atoms with van der Waals surface area (Å²) in [7, 11) is 0. The van der Waals surface area contributed by atoms with Gasteiger partial charge in [0.15, 0.2) is 0 Å². The van der Waals surface area contributed by atoms with E-state index in [4.69, 9.17) is 5.11 Å². The molecule has 0 bridgehead atoms. The van der Waals surface area contributed by atoms with Gasteiger partial charge in [-0.3, -0.25) is 0 Å². The van der Waals surface area contributed by atoms with E-state index in [1.54, 1.807) is 36.5 Å². The van der Waals surface area contributed by atoms with Crippen LogP contribution in [0.25, 0.3) is 10.8 Å². The fourth-order valence-corrected chi connectivity index (χ4v) is 2.08. The van der Waals surface area contributed by atoms with Gasteiger partial charge in [0, 0.05) is 17.3 Å². The van der Waals surface area contributed by atoms with Gasteiger partial charge in [0.2, 0.25) is 0 Å². The maximum Gasteiger partial charge on any atom is 0.335 e. The standard InChI is InChI=1S/C16H11FN2O2/c17-12-2-4-13(5-3-12)19-15-14-6-1-11(16(20)21)9-10(14)7-8-18-15/h1-9H,(H,18,19)(H,20,21). The molecule has 0 radical (unpaired) electrons. The zero-order valence-corrected chi connectivity index (χ0v) is 10.9. The molecule has 2 aromatic carbocycles. The Hall–Kier alpha value is -2.95. The number of nitrogens with zero attached hydrogens (tertiary/aromatic N) is 1. The van der Waals surface area contributed by atoms with E-state index in [0.717, 1.165) is 10.8 Å². The van der Waals surface area contributed by atoms with Crippen molar-refractivity contribution in [2.45, 2.75) is 0 Å². The van der Waals surface area contributed by atoms with E-state index in [1.165, 1.54) is 18.2 Å². The van der Waals surface area contributed by atoms with Crippen LogP contribution in [0.3, 0.4) is 0 Å². The Morgan fingerprint density at radius 3 is 2.57 bits per heavy atom. The second-order valence-electron chi connectivity index (χ2n) is 4.53. The summed E-state index contributed by atoms with van der Waals surface area (Å²) in [5.41, 5.74) is 0.931. The molecular formula is C16H11FN2O2. The van der Waals surface area contributed by atoms with Crippen molar-refractivity contribution in [1.82, 2.24) is 4.98 Å². The lowest BCUT2D eigenvalue weighted by Gasteiger charge is -2.09. The van der Waals surface area contributed by atoms with Gasteiger partial charge in [-0.1, -0.05) is 0 Å². The number of anilines is 2. The molecule has 0 aliphatic carbocycles. The number of carbonyl (C=O) groups is 1. The predicted molar refractivity (Wildman–Crippen MR) is 78.4 cm³/mol. The molecule has 0 unspecified atom stereocenters. The maximum atomic E-state index is 12.9. The van der Waals surface area contributed by atoms with E-state index in [0.29, 0.717) is 11.5 Å². The summed E-state index contributed by atoms with van der Waals surface area (Å²) in [6.45, 7) is 0. The summed E-state index contributed by atoms with van der Waals surface area (Å²) in [6, 6.07) is 12.5. The van der Waals surface area contributed by atoms with Crippen LogP contribution >= 0.6 is 0 Å². The number of benzene rings is 2. The third-order valence-electron chi connectivity index (χ3n) is 3.12. The second kappa shape index (κ2) is 5.20. The minimum Gasteiger partial charge on any atom is -0.478 e. The van der Waals surface area contributed by atoms with Crippen LogP contribution in [0.2, 0.25) is 0 Å². The topological polar surface area (TPSA) is 62.2 Å². The zero-order valence-electron chi connectivity index (χ0n) is 10.9. The van der Waals surface area contributed by atoms with Crippen LogP contribution in [0.1, 0.15) is 10.4 Å². The van der Waals surface area contributed by atoms with Gasteiger partial charge in [0.1, 0.15) is 11.6 Å². The van der Waals surface area contributed by atoms with E-state index in [-0.39, 0.29) is 11.4 Å². The lowest BCUT2D eigenvalue weighted by molar-refractivity contribution is 0.0697. The van der Waals surface area contributed by atoms with Crippen LogP contribution in [0.15, 0.2) is 54.7 Å². The first-order chi connectivity index (χ1) is 10.1. The van der Waals surface area contributed by atoms with Gasteiger partial charge in [0.25, 0.3) is 0 Å². The second-order valence-corrected chi connectivity index (χ2v) is 4.53. The van der Waals surface area contributed by atoms with E-state index in [9.17, 15) is 9.18 Å². The van der Waals surface area contributed by atoms with Crippen molar-refractivity contribution in [2.75, 3.05) is 5.32 Å². The first kappa shape index (κ1) is 13.1. The van der Waals surface area contributed by atoms with Gasteiger partial charge in [-0.05, 0) is 53.9 Å². The predicted octanol–water partition coefficient (Wildman–Crippen LogP) is 3.82. The van der Waals surface area contributed by atoms with E-state index in [2.05, 4.69) is 10.3 Å². The number of aromatic nitrogens is 1. The first-order valence-electron chi connectivity index (χ1n) is 6.28. The largest absolute Gasteiger partial charge is 0.478 e. The summed E-state index contributed by atoms with van der Waals surface area (Å²) in [6.07, 6.45) is 1.60. The Labute approximate surface area is 119 Å². The Balaban J connectivity index is 2.02. The molecule has 0 fully saturated rings. The lowest BCUT2D eigenvalue weighted by Crippen LogP contribution is -1.98. The Morgan fingerprint density at radius 2 is 1.86 bits per heavy atom. The van der Waals surface area contributed by atoms with Crippen molar-refractivity contribution in [3.8, 4) is 0 Å². The summed E-state index contributed by atoms with van der Waals surface area (Å²) < 4.78 is 12.9. The minimum absolute atomic E-state index is 0.224. The van der Waals surface area contributed by atoms with Gasteiger partial charge >= 0.3 is 5.97 Å². The highest BCUT2D eigenvalue weighted by Crippen LogP contribution is 2.25. The van der Waals surface area contributed by atoms with Crippen LogP contribution < -0.4 is 5.32 Å². The molecule has 3 rings (SSSR count). The number of carboxylic acids is 1. The fourth-order valence-electron chi connectivity index (χ4n) is 2.08. The van der Waals surface area contributed by atoms with Gasteiger partial charge < -0.3 is 10.4 Å². The van der Waals surface area contributed by atoms with Crippen LogP contribution in [0, 0.1) is 5.82 Å². The molecule has 0 aliphatic heterocycles. The highest BCUT2D eigenvalue weighted by atomic mass is 19.1. The van der Waals surface area contributed by atoms with Gasteiger partial charge in [-0.2, -0.15) is 0 Å². The minimum atomic E-state index is -0.971. The summed E-state index contributed by atoms with van der Waals surface area (Å²) in [5, 5.41) is 13.7. The molecule has 0 spiro atoms. The highest BCUT2D eigenvalue weighted by Gasteiger charge is 2.07. The van der Waals surface area contributed by atoms with E-state index in [1.807, 2.05) is 0 Å². The van der Waals surface area contributed by atoms with Gasteiger partial charge in [-0.15, -0.1) is 0 Å². The fraction of sp³-hybridized carbons (Fsp3) is 0. The molecule has 1 aromatic heterocycles. The van der Waals surface area contributed by atoms with Crippen molar-refractivity contribution in [3.05, 3.63) is 66.1 Å². The SMILES string of the molecule is O=C(O)c1ccc2c(Nc3ccc(F)cc3)nccc2c1. The number of rotatable bonds is 3. The molecule has 104 valence electrons. The molecule has 5 heteroatoms. The van der Waals surface area contributed by atoms with Gasteiger partial charge in [0.05, 0.1) is 5.56 Å². The summed E-state index contributed by atoms with van der Waals surface area (Å²) in [5.74, 6) is -0.685. The number of fused-ring (bicyclic) bond motifs is 1. The molecule has 2 N–H and O–H groups in total. The van der Waals surface area contributed by atoms with Crippen LogP contribution in [0.4, 0.5) is 15.9 Å². The number of carboxylic acid groups (broad SMARTS) is 1. The summed E-state index contributed by atoms with van der Waals surface area (Å²) >= 11 is 0. The Morgan fingerprint density at radius 1 is 1.10 bits per heavy atom. The van der Waals surface area contributed by atoms with Crippen LogP contribution in [-0.4, -0.2) is 16.1 Å². The lowest BCUT2D eigenvalue weighted by atomic mass is 10.1. The third kappa shape index (κ3) is 2.67. The first-order valence-corrected chi connectivity index (χ1v) is 6.28. The van der Waals surface area contributed by atoms with Crippen molar-refractivity contribution >= 4 is 28.2 Å². The van der Waals surface area contributed by atoms with Crippen LogP contribution in [-0.2, 0) is 0 Å².